The number of benzene rings is 2. The summed E-state index contributed by atoms with van der Waals surface area (Å²) in [5.41, 5.74) is 0.832. The number of ether oxygens (including phenoxy) is 1. The van der Waals surface area contributed by atoms with Gasteiger partial charge in [-0.3, -0.25) is 9.88 Å². The predicted molar refractivity (Wildman–Crippen MR) is 148 cm³/mol. The van der Waals surface area contributed by atoms with Gasteiger partial charge in [0.15, 0.2) is 5.82 Å². The Hall–Kier alpha value is -2.91. The van der Waals surface area contributed by atoms with Gasteiger partial charge in [0.25, 0.3) is 0 Å². The molecular formula is C29H28BrF2N5O. The molecule has 0 saturated carbocycles. The highest BCUT2D eigenvalue weighted by Gasteiger charge is 2.49. The number of hydrogen-bond donors (Lipinski definition) is 0. The summed E-state index contributed by atoms with van der Waals surface area (Å²) in [6.07, 6.45) is 3.20. The van der Waals surface area contributed by atoms with Crippen molar-refractivity contribution < 1.29 is 13.5 Å². The summed E-state index contributed by atoms with van der Waals surface area (Å²) in [5, 5.41) is 3.41. The minimum Gasteiger partial charge on any atom is -0.461 e. The van der Waals surface area contributed by atoms with Crippen LogP contribution in [0, 0.1) is 11.7 Å². The standard InChI is InChI=1S/C29H28BrF2N5O/c30-12-18-14-36(15-18)27-23-13-33-25(22-8-3-6-19-5-1-2-7-21(19)22)24(32)26(23)34-28(35-27)38-17-29-9-4-10-37(29)16-20(31)11-29/h1-3,5-8,13,18,20H,4,9-12,14-17H2/t20-,29+/m1/s1. The maximum Gasteiger partial charge on any atom is 0.319 e. The zero-order valence-electron chi connectivity index (χ0n) is 20.9. The van der Waals surface area contributed by atoms with Crippen LogP contribution in [0.4, 0.5) is 14.6 Å². The second kappa shape index (κ2) is 9.38. The maximum atomic E-state index is 16.3. The van der Waals surface area contributed by atoms with Crippen LogP contribution in [0.5, 0.6) is 6.01 Å². The third-order valence-corrected chi connectivity index (χ3v) is 9.31. The van der Waals surface area contributed by atoms with Gasteiger partial charge in [0.2, 0.25) is 0 Å². The van der Waals surface area contributed by atoms with Crippen molar-refractivity contribution >= 4 is 43.4 Å². The lowest BCUT2D eigenvalue weighted by molar-refractivity contribution is 0.107. The second-order valence-corrected chi connectivity index (χ2v) is 11.5. The number of halogens is 3. The van der Waals surface area contributed by atoms with Gasteiger partial charge in [-0.1, -0.05) is 58.4 Å². The van der Waals surface area contributed by atoms with Crippen molar-refractivity contribution in [1.29, 1.82) is 0 Å². The van der Waals surface area contributed by atoms with Gasteiger partial charge in [-0.15, -0.1) is 0 Å². The number of alkyl halides is 2. The number of nitrogens with zero attached hydrogens (tertiary/aromatic N) is 5. The SMILES string of the molecule is Fc1c(-c2cccc3ccccc23)ncc2c(N3CC(CBr)C3)nc(OC[C@@]34CCCN3C[C@H](F)C4)nc12. The Labute approximate surface area is 228 Å². The molecule has 0 bridgehead atoms. The van der Waals surface area contributed by atoms with Gasteiger partial charge in [-0.05, 0) is 30.2 Å². The van der Waals surface area contributed by atoms with E-state index in [0.717, 1.165) is 48.6 Å². The first kappa shape index (κ1) is 24.2. The Morgan fingerprint density at radius 1 is 1.05 bits per heavy atom. The summed E-state index contributed by atoms with van der Waals surface area (Å²) in [6, 6.07) is 13.8. The van der Waals surface area contributed by atoms with Crippen LogP contribution < -0.4 is 9.64 Å². The number of aromatic nitrogens is 3. The van der Waals surface area contributed by atoms with E-state index >= 15 is 4.39 Å². The van der Waals surface area contributed by atoms with E-state index in [0.29, 0.717) is 42.3 Å². The van der Waals surface area contributed by atoms with Crippen molar-refractivity contribution in [3.8, 4) is 17.3 Å². The number of anilines is 1. The van der Waals surface area contributed by atoms with Crippen LogP contribution in [0.1, 0.15) is 19.3 Å². The Bertz CT molecular complexity index is 1520. The Balaban J connectivity index is 1.31. The fourth-order valence-corrected chi connectivity index (χ4v) is 6.84. The molecule has 196 valence electrons. The molecule has 2 aromatic heterocycles. The highest BCUT2D eigenvalue weighted by molar-refractivity contribution is 9.09. The van der Waals surface area contributed by atoms with Crippen LogP contribution in [0.25, 0.3) is 32.9 Å². The van der Waals surface area contributed by atoms with Gasteiger partial charge in [-0.2, -0.15) is 9.97 Å². The first-order valence-corrected chi connectivity index (χ1v) is 14.3. The van der Waals surface area contributed by atoms with Crippen molar-refractivity contribution in [2.24, 2.45) is 5.92 Å². The molecule has 0 amide bonds. The molecule has 38 heavy (non-hydrogen) atoms. The summed E-state index contributed by atoms with van der Waals surface area (Å²) in [7, 11) is 0. The van der Waals surface area contributed by atoms with E-state index < -0.39 is 12.0 Å². The molecule has 0 N–H and O–H groups in total. The average molecular weight is 580 g/mol. The molecule has 0 radical (unpaired) electrons. The van der Waals surface area contributed by atoms with E-state index in [9.17, 15) is 4.39 Å². The fraction of sp³-hybridized carbons (Fsp3) is 0.414. The van der Waals surface area contributed by atoms with Gasteiger partial charge < -0.3 is 9.64 Å². The third-order valence-electron chi connectivity index (χ3n) is 8.39. The van der Waals surface area contributed by atoms with Crippen molar-refractivity contribution in [3.63, 3.8) is 0 Å². The quantitative estimate of drug-likeness (QED) is 0.270. The van der Waals surface area contributed by atoms with Crippen molar-refractivity contribution in [2.75, 3.05) is 43.0 Å². The van der Waals surface area contributed by atoms with E-state index in [1.807, 2.05) is 42.5 Å². The lowest BCUT2D eigenvalue weighted by Crippen LogP contribution is -2.48. The Morgan fingerprint density at radius 3 is 2.76 bits per heavy atom. The van der Waals surface area contributed by atoms with Crippen LogP contribution in [0.2, 0.25) is 0 Å². The molecule has 6 nitrogen and oxygen atoms in total. The highest BCUT2D eigenvalue weighted by Crippen LogP contribution is 2.41. The number of hydrogen-bond acceptors (Lipinski definition) is 6. The van der Waals surface area contributed by atoms with E-state index in [-0.39, 0.29) is 22.8 Å². The molecule has 3 saturated heterocycles. The first-order valence-electron chi connectivity index (χ1n) is 13.2. The minimum absolute atomic E-state index is 0.132. The lowest BCUT2D eigenvalue weighted by Gasteiger charge is -2.39. The molecule has 9 heteroatoms. The summed E-state index contributed by atoms with van der Waals surface area (Å²) in [5.74, 6) is 0.645. The van der Waals surface area contributed by atoms with Crippen molar-refractivity contribution in [1.82, 2.24) is 19.9 Å². The predicted octanol–water partition coefficient (Wildman–Crippen LogP) is 5.77. The molecule has 0 spiro atoms. The summed E-state index contributed by atoms with van der Waals surface area (Å²) in [6.45, 7) is 3.24. The zero-order valence-corrected chi connectivity index (χ0v) is 22.5. The molecule has 2 aromatic carbocycles. The van der Waals surface area contributed by atoms with E-state index in [2.05, 4.69) is 35.7 Å². The van der Waals surface area contributed by atoms with E-state index in [1.165, 1.54) is 0 Å². The van der Waals surface area contributed by atoms with Crippen LogP contribution in [-0.2, 0) is 0 Å². The number of rotatable bonds is 6. The lowest BCUT2D eigenvalue weighted by atomic mass is 9.95. The van der Waals surface area contributed by atoms with Crippen molar-refractivity contribution in [3.05, 3.63) is 54.5 Å². The molecule has 4 aromatic rings. The van der Waals surface area contributed by atoms with Gasteiger partial charge >= 0.3 is 6.01 Å². The summed E-state index contributed by atoms with van der Waals surface area (Å²) >= 11 is 3.56. The van der Waals surface area contributed by atoms with Gasteiger partial charge in [0.1, 0.15) is 29.8 Å². The normalized spacial score (nSPS) is 23.8. The maximum absolute atomic E-state index is 16.3. The Morgan fingerprint density at radius 2 is 1.89 bits per heavy atom. The molecule has 3 aliphatic heterocycles. The van der Waals surface area contributed by atoms with Crippen molar-refractivity contribution in [2.45, 2.75) is 31.0 Å². The molecule has 3 fully saturated rings. The smallest absolute Gasteiger partial charge is 0.319 e. The molecule has 0 aliphatic carbocycles. The highest BCUT2D eigenvalue weighted by atomic mass is 79.9. The fourth-order valence-electron chi connectivity index (χ4n) is 6.43. The van der Waals surface area contributed by atoms with E-state index in [4.69, 9.17) is 9.72 Å². The van der Waals surface area contributed by atoms with Crippen LogP contribution in [0.15, 0.2) is 48.7 Å². The van der Waals surface area contributed by atoms with Gasteiger partial charge in [-0.25, -0.2) is 8.78 Å². The number of fused-ring (bicyclic) bond motifs is 3. The molecule has 0 unspecified atom stereocenters. The van der Waals surface area contributed by atoms with Gasteiger partial charge in [0, 0.05) is 49.1 Å². The topological polar surface area (TPSA) is 54.4 Å². The largest absolute Gasteiger partial charge is 0.461 e. The molecular weight excluding hydrogens is 552 g/mol. The molecule has 2 atom stereocenters. The van der Waals surface area contributed by atoms with Gasteiger partial charge in [0.05, 0.1) is 10.9 Å². The second-order valence-electron chi connectivity index (χ2n) is 10.8. The monoisotopic (exact) mass is 579 g/mol. The van der Waals surface area contributed by atoms with Crippen LogP contribution in [0.3, 0.4) is 0 Å². The van der Waals surface area contributed by atoms with E-state index in [1.54, 1.807) is 6.20 Å². The summed E-state index contributed by atoms with van der Waals surface area (Å²) < 4.78 is 36.8. The first-order chi connectivity index (χ1) is 18.5. The third kappa shape index (κ3) is 3.93. The summed E-state index contributed by atoms with van der Waals surface area (Å²) in [4.78, 5) is 18.2. The average Bonchev–Trinajstić information content (AvgIpc) is 3.43. The van der Waals surface area contributed by atoms with Crippen LogP contribution in [-0.4, -0.2) is 69.7 Å². The molecule has 7 rings (SSSR count). The minimum atomic E-state index is -0.846. The molecule has 3 aliphatic rings. The zero-order chi connectivity index (χ0) is 25.9. The molecule has 5 heterocycles. The van der Waals surface area contributed by atoms with Crippen LogP contribution >= 0.6 is 15.9 Å². The Kier molecular flexibility index (Phi) is 5.96. The number of pyridine rings is 1.